The molecule has 2 aromatic rings. The molecule has 0 radical (unpaired) electrons. The van der Waals surface area contributed by atoms with Gasteiger partial charge in [0, 0.05) is 31.3 Å². The van der Waals surface area contributed by atoms with Crippen molar-refractivity contribution in [1.29, 1.82) is 0 Å². The summed E-state index contributed by atoms with van der Waals surface area (Å²) in [5.41, 5.74) is 3.48. The highest BCUT2D eigenvalue weighted by molar-refractivity contribution is 6.01. The lowest BCUT2D eigenvalue weighted by Crippen LogP contribution is -2.34. The molecule has 2 heterocycles. The predicted octanol–water partition coefficient (Wildman–Crippen LogP) is 2.10. The molecular formula is C22H27N5O3. The first-order valence-corrected chi connectivity index (χ1v) is 10.5. The molecule has 1 atom stereocenters. The summed E-state index contributed by atoms with van der Waals surface area (Å²) in [6, 6.07) is 9.90. The van der Waals surface area contributed by atoms with Crippen molar-refractivity contribution in [1.82, 2.24) is 24.9 Å². The van der Waals surface area contributed by atoms with Crippen molar-refractivity contribution in [2.75, 3.05) is 20.1 Å². The van der Waals surface area contributed by atoms with E-state index in [1.54, 1.807) is 7.05 Å². The van der Waals surface area contributed by atoms with E-state index in [4.69, 9.17) is 0 Å². The highest BCUT2D eigenvalue weighted by Crippen LogP contribution is 2.30. The van der Waals surface area contributed by atoms with E-state index >= 15 is 0 Å². The average Bonchev–Trinajstić information content (AvgIpc) is 3.25. The number of hydrogen-bond donors (Lipinski definition) is 1. The first kappa shape index (κ1) is 20.1. The summed E-state index contributed by atoms with van der Waals surface area (Å²) in [5, 5.41) is 7.69. The van der Waals surface area contributed by atoms with Gasteiger partial charge >= 0.3 is 6.03 Å². The summed E-state index contributed by atoms with van der Waals surface area (Å²) >= 11 is 0. The number of rotatable bonds is 7. The van der Waals surface area contributed by atoms with Crippen molar-refractivity contribution in [3.8, 4) is 0 Å². The SMILES string of the molecule is CN1CC(=O)N(CCCC(=O)NC2CCCc3c2cnn3Cc2ccccc2)C1=O. The number of likely N-dealkylation sites (N-methyl/N-ethyl adjacent to an activating group) is 1. The van der Waals surface area contributed by atoms with Crippen LogP contribution in [0.4, 0.5) is 4.79 Å². The normalized spacial score (nSPS) is 18.6. The minimum Gasteiger partial charge on any atom is -0.349 e. The molecule has 4 rings (SSSR count). The first-order chi connectivity index (χ1) is 14.5. The van der Waals surface area contributed by atoms with Crippen LogP contribution in [0.3, 0.4) is 0 Å². The van der Waals surface area contributed by atoms with Crippen molar-refractivity contribution in [2.45, 2.75) is 44.7 Å². The zero-order chi connectivity index (χ0) is 21.1. The Morgan fingerprint density at radius 2 is 2.03 bits per heavy atom. The summed E-state index contributed by atoms with van der Waals surface area (Å²) in [5.74, 6) is -0.262. The lowest BCUT2D eigenvalue weighted by molar-refractivity contribution is -0.126. The van der Waals surface area contributed by atoms with E-state index in [9.17, 15) is 14.4 Å². The fourth-order valence-corrected chi connectivity index (χ4v) is 4.21. The molecule has 2 aliphatic rings. The van der Waals surface area contributed by atoms with Crippen LogP contribution < -0.4 is 5.32 Å². The standard InChI is InChI=1S/C22H27N5O3/c1-25-15-21(29)26(22(25)30)12-6-11-20(28)24-18-9-5-10-19-17(18)13-23-27(19)14-16-7-3-2-4-8-16/h2-4,7-8,13,18H,5-6,9-12,14-15H2,1H3,(H,24,28). The van der Waals surface area contributed by atoms with Crippen LogP contribution in [0.1, 0.15) is 48.5 Å². The van der Waals surface area contributed by atoms with Gasteiger partial charge in [-0.1, -0.05) is 30.3 Å². The number of fused-ring (bicyclic) bond motifs is 1. The molecule has 1 fully saturated rings. The molecule has 158 valence electrons. The molecule has 30 heavy (non-hydrogen) atoms. The fraction of sp³-hybridized carbons (Fsp3) is 0.455. The topological polar surface area (TPSA) is 87.5 Å². The largest absolute Gasteiger partial charge is 0.349 e. The zero-order valence-corrected chi connectivity index (χ0v) is 17.2. The second-order valence-electron chi connectivity index (χ2n) is 7.99. The molecule has 1 aliphatic heterocycles. The molecule has 0 spiro atoms. The highest BCUT2D eigenvalue weighted by atomic mass is 16.2. The van der Waals surface area contributed by atoms with Gasteiger partial charge in [-0.15, -0.1) is 0 Å². The van der Waals surface area contributed by atoms with Crippen LogP contribution in [0.15, 0.2) is 36.5 Å². The Labute approximate surface area is 175 Å². The van der Waals surface area contributed by atoms with E-state index in [1.807, 2.05) is 29.1 Å². The number of urea groups is 1. The number of carbonyl (C=O) groups excluding carboxylic acids is 3. The second kappa shape index (κ2) is 8.69. The molecule has 1 aliphatic carbocycles. The van der Waals surface area contributed by atoms with Gasteiger partial charge in [-0.05, 0) is 31.2 Å². The van der Waals surface area contributed by atoms with Gasteiger partial charge < -0.3 is 10.2 Å². The maximum atomic E-state index is 12.5. The monoisotopic (exact) mass is 409 g/mol. The average molecular weight is 409 g/mol. The van der Waals surface area contributed by atoms with Crippen LogP contribution in [0.2, 0.25) is 0 Å². The molecule has 4 amide bonds. The van der Waals surface area contributed by atoms with E-state index in [0.29, 0.717) is 6.42 Å². The number of nitrogens with one attached hydrogen (secondary N) is 1. The third kappa shape index (κ3) is 4.22. The summed E-state index contributed by atoms with van der Waals surface area (Å²) in [6.45, 7) is 1.12. The van der Waals surface area contributed by atoms with Crippen LogP contribution in [-0.4, -0.2) is 57.6 Å². The quantitative estimate of drug-likeness (QED) is 0.710. The number of amides is 4. The van der Waals surface area contributed by atoms with Crippen LogP contribution in [-0.2, 0) is 22.6 Å². The number of aromatic nitrogens is 2. The van der Waals surface area contributed by atoms with Crippen molar-refractivity contribution < 1.29 is 14.4 Å². The first-order valence-electron chi connectivity index (χ1n) is 10.5. The fourth-order valence-electron chi connectivity index (χ4n) is 4.21. The number of imide groups is 1. The lowest BCUT2D eigenvalue weighted by atomic mass is 9.92. The molecule has 0 bridgehead atoms. The third-order valence-electron chi connectivity index (χ3n) is 5.79. The Bertz CT molecular complexity index is 940. The minimum atomic E-state index is -0.289. The highest BCUT2D eigenvalue weighted by Gasteiger charge is 2.33. The number of hydrogen-bond acceptors (Lipinski definition) is 4. The van der Waals surface area contributed by atoms with Gasteiger partial charge in [0.25, 0.3) is 0 Å². The summed E-state index contributed by atoms with van der Waals surface area (Å²) in [6.07, 6.45) is 5.47. The van der Waals surface area contributed by atoms with Crippen LogP contribution in [0.5, 0.6) is 0 Å². The Kier molecular flexibility index (Phi) is 5.83. The maximum absolute atomic E-state index is 12.5. The van der Waals surface area contributed by atoms with Crippen LogP contribution in [0, 0.1) is 0 Å². The van der Waals surface area contributed by atoms with Crippen molar-refractivity contribution >= 4 is 17.8 Å². The van der Waals surface area contributed by atoms with Gasteiger partial charge in [0.15, 0.2) is 0 Å². The molecule has 1 N–H and O–H groups in total. The van der Waals surface area contributed by atoms with Gasteiger partial charge in [-0.25, -0.2) is 4.79 Å². The molecule has 0 saturated carbocycles. The van der Waals surface area contributed by atoms with Crippen molar-refractivity contribution in [2.24, 2.45) is 0 Å². The van der Waals surface area contributed by atoms with Crippen molar-refractivity contribution in [3.05, 3.63) is 53.3 Å². The summed E-state index contributed by atoms with van der Waals surface area (Å²) in [7, 11) is 1.60. The molecular weight excluding hydrogens is 382 g/mol. The molecule has 1 saturated heterocycles. The summed E-state index contributed by atoms with van der Waals surface area (Å²) < 4.78 is 2.03. The van der Waals surface area contributed by atoms with Gasteiger partial charge in [-0.3, -0.25) is 19.2 Å². The maximum Gasteiger partial charge on any atom is 0.326 e. The molecule has 1 aromatic heterocycles. The minimum absolute atomic E-state index is 0.0352. The van der Waals surface area contributed by atoms with E-state index in [1.165, 1.54) is 21.1 Å². The van der Waals surface area contributed by atoms with Crippen LogP contribution >= 0.6 is 0 Å². The Hall–Kier alpha value is -3.16. The molecule has 1 aromatic carbocycles. The molecule has 1 unspecified atom stereocenters. The lowest BCUT2D eigenvalue weighted by Gasteiger charge is -2.24. The van der Waals surface area contributed by atoms with E-state index in [-0.39, 0.29) is 43.4 Å². The van der Waals surface area contributed by atoms with Gasteiger partial charge in [0.1, 0.15) is 6.54 Å². The molecule has 8 heteroatoms. The molecule has 8 nitrogen and oxygen atoms in total. The van der Waals surface area contributed by atoms with E-state index in [0.717, 1.165) is 31.4 Å². The zero-order valence-electron chi connectivity index (χ0n) is 17.2. The number of carbonyl (C=O) groups is 3. The second-order valence-corrected chi connectivity index (χ2v) is 7.99. The Morgan fingerprint density at radius 1 is 1.23 bits per heavy atom. The Balaban J connectivity index is 1.32. The van der Waals surface area contributed by atoms with Gasteiger partial charge in [0.05, 0.1) is 18.8 Å². The van der Waals surface area contributed by atoms with E-state index in [2.05, 4.69) is 22.5 Å². The smallest absolute Gasteiger partial charge is 0.326 e. The van der Waals surface area contributed by atoms with Crippen molar-refractivity contribution in [3.63, 3.8) is 0 Å². The summed E-state index contributed by atoms with van der Waals surface area (Å²) in [4.78, 5) is 38.8. The predicted molar refractivity (Wildman–Crippen MR) is 111 cm³/mol. The van der Waals surface area contributed by atoms with Gasteiger partial charge in [0.2, 0.25) is 11.8 Å². The Morgan fingerprint density at radius 3 is 2.77 bits per heavy atom. The van der Waals surface area contributed by atoms with Gasteiger partial charge in [-0.2, -0.15) is 5.10 Å². The number of nitrogens with zero attached hydrogens (tertiary/aromatic N) is 4. The van der Waals surface area contributed by atoms with Crippen LogP contribution in [0.25, 0.3) is 0 Å². The van der Waals surface area contributed by atoms with E-state index < -0.39 is 0 Å². The third-order valence-corrected chi connectivity index (χ3v) is 5.79. The number of benzene rings is 1.